The fourth-order valence-corrected chi connectivity index (χ4v) is 5.21. The molecule has 1 saturated heterocycles. The van der Waals surface area contributed by atoms with Crippen molar-refractivity contribution in [3.8, 4) is 5.69 Å². The summed E-state index contributed by atoms with van der Waals surface area (Å²) in [5.74, 6) is 0.162. The molecule has 0 bridgehead atoms. The molecule has 0 saturated carbocycles. The maximum atomic E-state index is 13.5. The molecule has 0 radical (unpaired) electrons. The number of nitrogen functional groups attached to an aromatic ring is 1. The van der Waals surface area contributed by atoms with Gasteiger partial charge in [-0.15, -0.1) is 0 Å². The van der Waals surface area contributed by atoms with Crippen LogP contribution in [0.3, 0.4) is 0 Å². The van der Waals surface area contributed by atoms with E-state index >= 15 is 0 Å². The number of nitrogens with zero attached hydrogens (tertiary/aromatic N) is 6. The van der Waals surface area contributed by atoms with E-state index < -0.39 is 10.0 Å². The predicted molar refractivity (Wildman–Crippen MR) is 124 cm³/mol. The molecule has 1 fully saturated rings. The van der Waals surface area contributed by atoms with Crippen molar-refractivity contribution in [2.24, 2.45) is 0 Å². The Bertz CT molecular complexity index is 1330. The Hall–Kier alpha value is -2.73. The standard InChI is InChI=1S/C20H24ClN7O3S/c1-25(2)9-3-11-32(30,31)26-10-8-16(12-26)28-19-17(18(22)23-13-24-19)27(20(28)29)15-6-4-14(21)5-7-15/h3-7,11,13,16H,8-10,12H2,1-2H3,(H2,22,23,24)/b11-3+. The van der Waals surface area contributed by atoms with Crippen LogP contribution in [0.25, 0.3) is 16.9 Å². The number of aromatic nitrogens is 4. The third kappa shape index (κ3) is 4.16. The van der Waals surface area contributed by atoms with Crippen molar-refractivity contribution in [1.29, 1.82) is 0 Å². The van der Waals surface area contributed by atoms with Crippen LogP contribution in [0.1, 0.15) is 12.5 Å². The Labute approximate surface area is 190 Å². The second-order valence-corrected chi connectivity index (χ2v) is 10.1. The van der Waals surface area contributed by atoms with Crippen molar-refractivity contribution in [3.63, 3.8) is 0 Å². The number of benzene rings is 1. The largest absolute Gasteiger partial charge is 0.382 e. The van der Waals surface area contributed by atoms with Crippen molar-refractivity contribution in [1.82, 2.24) is 28.3 Å². The number of halogens is 1. The van der Waals surface area contributed by atoms with Crippen LogP contribution in [0, 0.1) is 0 Å². The lowest BCUT2D eigenvalue weighted by molar-refractivity contribution is 0.451. The number of sulfonamides is 1. The topological polar surface area (TPSA) is 119 Å². The molecule has 1 unspecified atom stereocenters. The van der Waals surface area contributed by atoms with Crippen LogP contribution >= 0.6 is 11.6 Å². The van der Waals surface area contributed by atoms with Gasteiger partial charge in [0, 0.05) is 30.1 Å². The van der Waals surface area contributed by atoms with E-state index in [1.165, 1.54) is 25.2 Å². The third-order valence-corrected chi connectivity index (χ3v) is 7.19. The van der Waals surface area contributed by atoms with E-state index in [2.05, 4.69) is 9.97 Å². The highest BCUT2D eigenvalue weighted by Crippen LogP contribution is 2.29. The molecule has 12 heteroatoms. The number of hydrogen-bond donors (Lipinski definition) is 1. The van der Waals surface area contributed by atoms with Crippen LogP contribution in [-0.4, -0.2) is 70.5 Å². The molecule has 170 valence electrons. The van der Waals surface area contributed by atoms with Gasteiger partial charge in [0.15, 0.2) is 11.5 Å². The lowest BCUT2D eigenvalue weighted by atomic mass is 10.2. The first kappa shape index (κ1) is 22.5. The molecule has 1 atom stereocenters. The number of nitrogens with two attached hydrogens (primary N) is 1. The van der Waals surface area contributed by atoms with E-state index in [-0.39, 0.29) is 24.1 Å². The molecule has 3 aromatic rings. The minimum absolute atomic E-state index is 0.162. The molecule has 32 heavy (non-hydrogen) atoms. The molecular formula is C20H24ClN7O3S. The highest BCUT2D eigenvalue weighted by molar-refractivity contribution is 7.92. The third-order valence-electron chi connectivity index (χ3n) is 5.36. The number of imidazole rings is 1. The number of rotatable bonds is 6. The van der Waals surface area contributed by atoms with Gasteiger partial charge in [0.2, 0.25) is 10.0 Å². The molecule has 0 aliphatic carbocycles. The number of likely N-dealkylation sites (N-methyl/N-ethyl adjacent to an activating group) is 1. The number of anilines is 1. The summed E-state index contributed by atoms with van der Waals surface area (Å²) in [6.07, 6.45) is 3.38. The summed E-state index contributed by atoms with van der Waals surface area (Å²) in [6.45, 7) is 0.985. The maximum absolute atomic E-state index is 13.5. The van der Waals surface area contributed by atoms with E-state index in [0.29, 0.717) is 41.4 Å². The van der Waals surface area contributed by atoms with Crippen molar-refractivity contribution in [2.45, 2.75) is 12.5 Å². The zero-order valence-electron chi connectivity index (χ0n) is 17.7. The van der Waals surface area contributed by atoms with Gasteiger partial charge in [-0.2, -0.15) is 4.31 Å². The molecule has 2 N–H and O–H groups in total. The molecule has 3 heterocycles. The average Bonchev–Trinajstić information content (AvgIpc) is 3.32. The van der Waals surface area contributed by atoms with E-state index in [1.807, 2.05) is 19.0 Å². The van der Waals surface area contributed by atoms with E-state index in [9.17, 15) is 13.2 Å². The summed E-state index contributed by atoms with van der Waals surface area (Å²) >= 11 is 6.00. The van der Waals surface area contributed by atoms with Gasteiger partial charge in [0.05, 0.1) is 11.7 Å². The van der Waals surface area contributed by atoms with E-state index in [4.69, 9.17) is 17.3 Å². The first-order chi connectivity index (χ1) is 15.2. The van der Waals surface area contributed by atoms with Crippen molar-refractivity contribution in [3.05, 3.63) is 57.6 Å². The van der Waals surface area contributed by atoms with E-state index in [1.54, 1.807) is 30.3 Å². The van der Waals surface area contributed by atoms with Gasteiger partial charge in [0.1, 0.15) is 11.8 Å². The second kappa shape index (κ2) is 8.66. The highest BCUT2D eigenvalue weighted by atomic mass is 35.5. The van der Waals surface area contributed by atoms with Crippen LogP contribution in [0.2, 0.25) is 5.02 Å². The first-order valence-electron chi connectivity index (χ1n) is 10.00. The van der Waals surface area contributed by atoms with Gasteiger partial charge in [-0.25, -0.2) is 23.2 Å². The molecule has 2 aromatic heterocycles. The van der Waals surface area contributed by atoms with Gasteiger partial charge >= 0.3 is 5.69 Å². The lowest BCUT2D eigenvalue weighted by Crippen LogP contribution is -2.31. The quantitative estimate of drug-likeness (QED) is 0.570. The molecule has 1 aliphatic rings. The van der Waals surface area contributed by atoms with Gasteiger partial charge in [-0.3, -0.25) is 9.13 Å². The smallest absolute Gasteiger partial charge is 0.335 e. The summed E-state index contributed by atoms with van der Waals surface area (Å²) in [5.41, 5.74) is 7.07. The molecule has 1 aliphatic heterocycles. The number of hydrogen-bond acceptors (Lipinski definition) is 7. The fraction of sp³-hybridized carbons (Fsp3) is 0.350. The van der Waals surface area contributed by atoms with Gasteiger partial charge in [-0.1, -0.05) is 17.7 Å². The lowest BCUT2D eigenvalue weighted by Gasteiger charge is -2.15. The summed E-state index contributed by atoms with van der Waals surface area (Å²) in [4.78, 5) is 23.7. The molecule has 0 spiro atoms. The zero-order valence-corrected chi connectivity index (χ0v) is 19.3. The minimum Gasteiger partial charge on any atom is -0.382 e. The van der Waals surface area contributed by atoms with Crippen molar-refractivity contribution < 1.29 is 8.42 Å². The summed E-state index contributed by atoms with van der Waals surface area (Å²) < 4.78 is 29.8. The van der Waals surface area contributed by atoms with Crippen LogP contribution in [-0.2, 0) is 10.0 Å². The van der Waals surface area contributed by atoms with Crippen LogP contribution < -0.4 is 11.4 Å². The van der Waals surface area contributed by atoms with E-state index in [0.717, 1.165) is 0 Å². The Morgan fingerprint density at radius 1 is 1.25 bits per heavy atom. The Morgan fingerprint density at radius 3 is 2.66 bits per heavy atom. The summed E-state index contributed by atoms with van der Waals surface area (Å²) in [6, 6.07) is 6.39. The summed E-state index contributed by atoms with van der Waals surface area (Å²) in [7, 11) is 0.132. The Morgan fingerprint density at radius 2 is 1.97 bits per heavy atom. The van der Waals surface area contributed by atoms with Crippen LogP contribution in [0.5, 0.6) is 0 Å². The van der Waals surface area contributed by atoms with Crippen molar-refractivity contribution >= 4 is 38.6 Å². The highest BCUT2D eigenvalue weighted by Gasteiger charge is 2.34. The minimum atomic E-state index is -3.59. The molecular weight excluding hydrogens is 454 g/mol. The molecule has 0 amide bonds. The molecule has 4 rings (SSSR count). The SMILES string of the molecule is CN(C)C/C=C/S(=O)(=O)N1CCC(n2c(=O)n(-c3ccc(Cl)cc3)c3c(N)ncnc32)C1. The monoisotopic (exact) mass is 477 g/mol. The van der Waals surface area contributed by atoms with Crippen LogP contribution in [0.4, 0.5) is 5.82 Å². The van der Waals surface area contributed by atoms with Gasteiger partial charge in [-0.05, 0) is 44.8 Å². The molecule has 1 aromatic carbocycles. The predicted octanol–water partition coefficient (Wildman–Crippen LogP) is 1.47. The molecule has 10 nitrogen and oxygen atoms in total. The fourth-order valence-electron chi connectivity index (χ4n) is 3.84. The normalized spacial score (nSPS) is 17.8. The van der Waals surface area contributed by atoms with Crippen molar-refractivity contribution in [2.75, 3.05) is 39.5 Å². The Kier molecular flexibility index (Phi) is 6.08. The first-order valence-corrected chi connectivity index (χ1v) is 11.9. The number of fused-ring (bicyclic) bond motifs is 1. The van der Waals surface area contributed by atoms with Gasteiger partial charge in [0.25, 0.3) is 0 Å². The average molecular weight is 478 g/mol. The zero-order chi connectivity index (χ0) is 23.0. The van der Waals surface area contributed by atoms with Crippen LogP contribution in [0.15, 0.2) is 46.9 Å². The van der Waals surface area contributed by atoms with Gasteiger partial charge < -0.3 is 10.6 Å². The Balaban J connectivity index is 1.74. The summed E-state index contributed by atoms with van der Waals surface area (Å²) in [5, 5.41) is 1.75. The second-order valence-electron chi connectivity index (χ2n) is 7.88. The maximum Gasteiger partial charge on any atom is 0.335 e.